The molecular formula is C18H22N2O3. The maximum atomic E-state index is 11.9. The summed E-state index contributed by atoms with van der Waals surface area (Å²) in [7, 11) is 1.65. The molecule has 0 aliphatic heterocycles. The smallest absolute Gasteiger partial charge is 0.237 e. The zero-order chi connectivity index (χ0) is 16.5. The van der Waals surface area contributed by atoms with Crippen LogP contribution >= 0.6 is 0 Å². The third kappa shape index (κ3) is 5.30. The predicted octanol–water partition coefficient (Wildman–Crippen LogP) is 2.60. The van der Waals surface area contributed by atoms with E-state index in [1.165, 1.54) is 0 Å². The molecule has 0 aliphatic rings. The van der Waals surface area contributed by atoms with Gasteiger partial charge in [-0.3, -0.25) is 4.79 Å². The van der Waals surface area contributed by atoms with Crippen molar-refractivity contribution in [2.45, 2.75) is 19.5 Å². The van der Waals surface area contributed by atoms with Crippen LogP contribution in [-0.4, -0.2) is 25.6 Å². The van der Waals surface area contributed by atoms with Gasteiger partial charge in [-0.25, -0.2) is 0 Å². The van der Waals surface area contributed by atoms with Crippen molar-refractivity contribution in [2.75, 3.05) is 13.7 Å². The first-order valence-corrected chi connectivity index (χ1v) is 7.53. The molecule has 2 N–H and O–H groups in total. The SMILES string of the molecule is COc1ccccc1/C=C/CNC(C)C(=O)NCc1ccco1. The van der Waals surface area contributed by atoms with E-state index in [0.29, 0.717) is 13.1 Å². The quantitative estimate of drug-likeness (QED) is 0.786. The van der Waals surface area contributed by atoms with Gasteiger partial charge in [0.1, 0.15) is 11.5 Å². The lowest BCUT2D eigenvalue weighted by atomic mass is 10.2. The van der Waals surface area contributed by atoms with Crippen LogP contribution in [0.2, 0.25) is 0 Å². The van der Waals surface area contributed by atoms with Gasteiger partial charge in [0.05, 0.1) is 26.0 Å². The number of furan rings is 1. The fourth-order valence-corrected chi connectivity index (χ4v) is 2.07. The molecule has 0 saturated carbocycles. The summed E-state index contributed by atoms with van der Waals surface area (Å²) in [6.45, 7) is 2.82. The Morgan fingerprint density at radius 3 is 2.87 bits per heavy atom. The Balaban J connectivity index is 1.74. The average Bonchev–Trinajstić information content (AvgIpc) is 3.10. The molecule has 1 heterocycles. The predicted molar refractivity (Wildman–Crippen MR) is 90.0 cm³/mol. The van der Waals surface area contributed by atoms with Gasteiger partial charge in [-0.1, -0.05) is 30.4 Å². The minimum Gasteiger partial charge on any atom is -0.496 e. The molecule has 5 nitrogen and oxygen atoms in total. The van der Waals surface area contributed by atoms with Gasteiger partial charge in [0.15, 0.2) is 0 Å². The van der Waals surface area contributed by atoms with Crippen LogP contribution in [0.15, 0.2) is 53.2 Å². The molecule has 1 atom stereocenters. The first-order valence-electron chi connectivity index (χ1n) is 7.53. The second-order valence-corrected chi connectivity index (χ2v) is 5.07. The number of hydrogen-bond acceptors (Lipinski definition) is 4. The number of benzene rings is 1. The van der Waals surface area contributed by atoms with E-state index in [1.54, 1.807) is 19.4 Å². The topological polar surface area (TPSA) is 63.5 Å². The molecule has 2 rings (SSSR count). The van der Waals surface area contributed by atoms with Gasteiger partial charge in [0.25, 0.3) is 0 Å². The fraction of sp³-hybridized carbons (Fsp3) is 0.278. The summed E-state index contributed by atoms with van der Waals surface area (Å²) in [5.41, 5.74) is 1.01. The van der Waals surface area contributed by atoms with Crippen molar-refractivity contribution in [1.29, 1.82) is 0 Å². The molecule has 0 radical (unpaired) electrons. The molecule has 0 saturated heterocycles. The van der Waals surface area contributed by atoms with Gasteiger partial charge in [-0.15, -0.1) is 0 Å². The first-order chi connectivity index (χ1) is 11.2. The second-order valence-electron chi connectivity index (χ2n) is 5.07. The highest BCUT2D eigenvalue weighted by atomic mass is 16.5. The summed E-state index contributed by atoms with van der Waals surface area (Å²) in [6.07, 6.45) is 5.53. The van der Waals surface area contributed by atoms with Crippen LogP contribution in [0.3, 0.4) is 0 Å². The molecule has 1 amide bonds. The molecule has 1 unspecified atom stereocenters. The zero-order valence-electron chi connectivity index (χ0n) is 13.4. The molecule has 1 aromatic carbocycles. The van der Waals surface area contributed by atoms with E-state index < -0.39 is 0 Å². The normalized spacial score (nSPS) is 12.3. The minimum absolute atomic E-state index is 0.0629. The molecule has 1 aromatic heterocycles. The van der Waals surface area contributed by atoms with Gasteiger partial charge in [-0.05, 0) is 25.1 Å². The number of carbonyl (C=O) groups is 1. The number of nitrogens with one attached hydrogen (secondary N) is 2. The van der Waals surface area contributed by atoms with E-state index in [1.807, 2.05) is 49.4 Å². The molecule has 23 heavy (non-hydrogen) atoms. The van der Waals surface area contributed by atoms with E-state index in [9.17, 15) is 4.79 Å². The minimum atomic E-state index is -0.285. The van der Waals surface area contributed by atoms with E-state index >= 15 is 0 Å². The van der Waals surface area contributed by atoms with Crippen LogP contribution < -0.4 is 15.4 Å². The number of para-hydroxylation sites is 1. The highest BCUT2D eigenvalue weighted by Crippen LogP contribution is 2.18. The Morgan fingerprint density at radius 1 is 1.30 bits per heavy atom. The largest absolute Gasteiger partial charge is 0.496 e. The summed E-state index contributed by atoms with van der Waals surface area (Å²) in [6, 6.07) is 11.1. The van der Waals surface area contributed by atoms with Crippen molar-refractivity contribution in [1.82, 2.24) is 10.6 Å². The summed E-state index contributed by atoms with van der Waals surface area (Å²) in [5, 5.41) is 5.97. The van der Waals surface area contributed by atoms with Gasteiger partial charge in [0.2, 0.25) is 5.91 Å². The van der Waals surface area contributed by atoms with Crippen molar-refractivity contribution in [3.05, 3.63) is 60.1 Å². The van der Waals surface area contributed by atoms with Crippen molar-refractivity contribution in [3.8, 4) is 5.75 Å². The molecule has 122 valence electrons. The van der Waals surface area contributed by atoms with Crippen LogP contribution in [0.4, 0.5) is 0 Å². The molecular weight excluding hydrogens is 292 g/mol. The maximum absolute atomic E-state index is 11.9. The molecule has 0 spiro atoms. The molecule has 0 fully saturated rings. The van der Waals surface area contributed by atoms with Gasteiger partial charge >= 0.3 is 0 Å². The van der Waals surface area contributed by atoms with Gasteiger partial charge < -0.3 is 19.8 Å². The summed E-state index contributed by atoms with van der Waals surface area (Å²) in [5.74, 6) is 1.50. The Labute approximate surface area is 136 Å². The zero-order valence-corrected chi connectivity index (χ0v) is 13.4. The lowest BCUT2D eigenvalue weighted by molar-refractivity contribution is -0.122. The molecule has 0 bridgehead atoms. The monoisotopic (exact) mass is 314 g/mol. The fourth-order valence-electron chi connectivity index (χ4n) is 2.07. The Kier molecular flexibility index (Phi) is 6.44. The van der Waals surface area contributed by atoms with Crippen LogP contribution in [-0.2, 0) is 11.3 Å². The van der Waals surface area contributed by atoms with Gasteiger partial charge in [0, 0.05) is 12.1 Å². The second kappa shape index (κ2) is 8.80. The number of rotatable bonds is 8. The van der Waals surface area contributed by atoms with Crippen molar-refractivity contribution in [3.63, 3.8) is 0 Å². The van der Waals surface area contributed by atoms with Crippen molar-refractivity contribution in [2.24, 2.45) is 0 Å². The lowest BCUT2D eigenvalue weighted by Gasteiger charge is -2.12. The Hall–Kier alpha value is -2.53. The maximum Gasteiger partial charge on any atom is 0.237 e. The number of methoxy groups -OCH3 is 1. The van der Waals surface area contributed by atoms with Gasteiger partial charge in [-0.2, -0.15) is 0 Å². The number of amides is 1. The number of ether oxygens (including phenoxy) is 1. The Morgan fingerprint density at radius 2 is 2.13 bits per heavy atom. The van der Waals surface area contributed by atoms with Crippen molar-refractivity contribution < 1.29 is 13.9 Å². The summed E-state index contributed by atoms with van der Waals surface area (Å²) < 4.78 is 10.5. The van der Waals surface area contributed by atoms with E-state index in [2.05, 4.69) is 10.6 Å². The van der Waals surface area contributed by atoms with E-state index in [-0.39, 0.29) is 11.9 Å². The van der Waals surface area contributed by atoms with E-state index in [4.69, 9.17) is 9.15 Å². The van der Waals surface area contributed by atoms with Crippen LogP contribution in [0.1, 0.15) is 18.2 Å². The highest BCUT2D eigenvalue weighted by molar-refractivity contribution is 5.81. The standard InChI is InChI=1S/C18H22N2O3/c1-14(18(21)20-13-16-9-6-12-23-16)19-11-5-8-15-7-3-4-10-17(15)22-2/h3-10,12,14,19H,11,13H2,1-2H3,(H,20,21)/b8-5+. The molecule has 2 aromatic rings. The number of hydrogen-bond donors (Lipinski definition) is 2. The summed E-state index contributed by atoms with van der Waals surface area (Å²) >= 11 is 0. The molecule has 5 heteroatoms. The third-order valence-electron chi connectivity index (χ3n) is 3.39. The summed E-state index contributed by atoms with van der Waals surface area (Å²) in [4.78, 5) is 11.9. The van der Waals surface area contributed by atoms with Crippen LogP contribution in [0.25, 0.3) is 6.08 Å². The Bertz CT molecular complexity index is 635. The van der Waals surface area contributed by atoms with Crippen molar-refractivity contribution >= 4 is 12.0 Å². The average molecular weight is 314 g/mol. The molecule has 0 aliphatic carbocycles. The highest BCUT2D eigenvalue weighted by Gasteiger charge is 2.11. The first kappa shape index (κ1) is 16.8. The van der Waals surface area contributed by atoms with Crippen LogP contribution in [0, 0.1) is 0 Å². The number of carbonyl (C=O) groups excluding carboxylic acids is 1. The lowest BCUT2D eigenvalue weighted by Crippen LogP contribution is -2.41. The van der Waals surface area contributed by atoms with E-state index in [0.717, 1.165) is 17.1 Å². The van der Waals surface area contributed by atoms with Crippen LogP contribution in [0.5, 0.6) is 5.75 Å². The third-order valence-corrected chi connectivity index (χ3v) is 3.39.